The first-order chi connectivity index (χ1) is 8.26. The SMILES string of the molecule is CCCCC(N)CNc1ccc(CCO)cc1. The lowest BCUT2D eigenvalue weighted by molar-refractivity contribution is 0.299. The standard InChI is InChI=1S/C14H24N2O/c1-2-3-4-13(15)11-16-14-7-5-12(6-8-14)9-10-17/h5-8,13,16-17H,2-4,9-11,15H2,1H3. The Balaban J connectivity index is 2.31. The number of aliphatic hydroxyl groups is 1. The molecule has 0 heterocycles. The lowest BCUT2D eigenvalue weighted by Crippen LogP contribution is -2.28. The smallest absolute Gasteiger partial charge is 0.0471 e. The summed E-state index contributed by atoms with van der Waals surface area (Å²) in [5, 5.41) is 12.2. The van der Waals surface area contributed by atoms with Crippen LogP contribution in [0.4, 0.5) is 5.69 Å². The monoisotopic (exact) mass is 236 g/mol. The van der Waals surface area contributed by atoms with E-state index in [0.29, 0.717) is 0 Å². The van der Waals surface area contributed by atoms with Crippen molar-refractivity contribution in [3.8, 4) is 0 Å². The van der Waals surface area contributed by atoms with E-state index in [1.54, 1.807) is 0 Å². The van der Waals surface area contributed by atoms with E-state index < -0.39 is 0 Å². The highest BCUT2D eigenvalue weighted by Crippen LogP contribution is 2.10. The molecule has 3 nitrogen and oxygen atoms in total. The number of nitrogens with one attached hydrogen (secondary N) is 1. The van der Waals surface area contributed by atoms with E-state index in [0.717, 1.165) is 30.6 Å². The second kappa shape index (κ2) is 8.09. The zero-order chi connectivity index (χ0) is 12.5. The Morgan fingerprint density at radius 3 is 2.59 bits per heavy atom. The summed E-state index contributed by atoms with van der Waals surface area (Å²) < 4.78 is 0. The molecule has 1 aromatic carbocycles. The molecule has 0 fully saturated rings. The number of aliphatic hydroxyl groups excluding tert-OH is 1. The summed E-state index contributed by atoms with van der Waals surface area (Å²) in [6.45, 7) is 3.20. The number of benzene rings is 1. The Labute approximate surface area is 104 Å². The molecule has 0 saturated carbocycles. The molecule has 1 rings (SSSR count). The van der Waals surface area contributed by atoms with Crippen molar-refractivity contribution in [2.75, 3.05) is 18.5 Å². The van der Waals surface area contributed by atoms with Gasteiger partial charge in [-0.1, -0.05) is 31.9 Å². The summed E-state index contributed by atoms with van der Waals surface area (Å²) in [6, 6.07) is 8.38. The van der Waals surface area contributed by atoms with Crippen molar-refractivity contribution in [2.45, 2.75) is 38.6 Å². The van der Waals surface area contributed by atoms with Gasteiger partial charge in [-0.25, -0.2) is 0 Å². The summed E-state index contributed by atoms with van der Waals surface area (Å²) in [4.78, 5) is 0. The van der Waals surface area contributed by atoms with Crippen LogP contribution in [0.5, 0.6) is 0 Å². The van der Waals surface area contributed by atoms with E-state index in [9.17, 15) is 0 Å². The maximum Gasteiger partial charge on any atom is 0.0471 e. The molecule has 0 saturated heterocycles. The van der Waals surface area contributed by atoms with Crippen LogP contribution >= 0.6 is 0 Å². The summed E-state index contributed by atoms with van der Waals surface area (Å²) in [7, 11) is 0. The lowest BCUT2D eigenvalue weighted by Gasteiger charge is -2.13. The van der Waals surface area contributed by atoms with Crippen LogP contribution in [0.2, 0.25) is 0 Å². The highest BCUT2D eigenvalue weighted by molar-refractivity contribution is 5.44. The molecule has 17 heavy (non-hydrogen) atoms. The number of rotatable bonds is 8. The first-order valence-electron chi connectivity index (χ1n) is 6.45. The van der Waals surface area contributed by atoms with Gasteiger partial charge < -0.3 is 16.2 Å². The van der Waals surface area contributed by atoms with Gasteiger partial charge in [-0.05, 0) is 30.5 Å². The second-order valence-electron chi connectivity index (χ2n) is 4.45. The third kappa shape index (κ3) is 5.71. The van der Waals surface area contributed by atoms with E-state index in [-0.39, 0.29) is 12.6 Å². The number of nitrogens with two attached hydrogens (primary N) is 1. The van der Waals surface area contributed by atoms with E-state index in [4.69, 9.17) is 10.8 Å². The fourth-order valence-electron chi connectivity index (χ4n) is 1.74. The Morgan fingerprint density at radius 2 is 2.00 bits per heavy atom. The minimum Gasteiger partial charge on any atom is -0.396 e. The highest BCUT2D eigenvalue weighted by Gasteiger charge is 2.01. The Hall–Kier alpha value is -1.06. The maximum atomic E-state index is 8.82. The third-order valence-electron chi connectivity index (χ3n) is 2.85. The summed E-state index contributed by atoms with van der Waals surface area (Å²) in [6.07, 6.45) is 4.18. The zero-order valence-electron chi connectivity index (χ0n) is 10.7. The first-order valence-corrected chi connectivity index (χ1v) is 6.45. The third-order valence-corrected chi connectivity index (χ3v) is 2.85. The van der Waals surface area contributed by atoms with Crippen molar-refractivity contribution >= 4 is 5.69 Å². The maximum absolute atomic E-state index is 8.82. The van der Waals surface area contributed by atoms with Crippen LogP contribution in [-0.4, -0.2) is 24.3 Å². The molecule has 3 heteroatoms. The van der Waals surface area contributed by atoms with Gasteiger partial charge in [0.1, 0.15) is 0 Å². The topological polar surface area (TPSA) is 58.3 Å². The quantitative estimate of drug-likeness (QED) is 0.648. The van der Waals surface area contributed by atoms with Crippen LogP contribution in [0, 0.1) is 0 Å². The molecular weight excluding hydrogens is 212 g/mol. The van der Waals surface area contributed by atoms with Crippen molar-refractivity contribution < 1.29 is 5.11 Å². The molecule has 0 aliphatic rings. The minimum atomic E-state index is 0.203. The number of unbranched alkanes of at least 4 members (excludes halogenated alkanes) is 1. The van der Waals surface area contributed by atoms with Gasteiger partial charge in [0.05, 0.1) is 0 Å². The van der Waals surface area contributed by atoms with E-state index in [1.807, 2.05) is 24.3 Å². The van der Waals surface area contributed by atoms with Crippen LogP contribution in [0.3, 0.4) is 0 Å². The average Bonchev–Trinajstić information content (AvgIpc) is 2.36. The van der Waals surface area contributed by atoms with Crippen molar-refractivity contribution in [2.24, 2.45) is 5.73 Å². The molecule has 0 spiro atoms. The molecule has 1 aromatic rings. The highest BCUT2D eigenvalue weighted by atomic mass is 16.2. The van der Waals surface area contributed by atoms with E-state index >= 15 is 0 Å². The van der Waals surface area contributed by atoms with Gasteiger partial charge in [0, 0.05) is 24.9 Å². The Kier molecular flexibility index (Phi) is 6.67. The van der Waals surface area contributed by atoms with Gasteiger partial charge >= 0.3 is 0 Å². The van der Waals surface area contributed by atoms with Crippen LogP contribution in [0.15, 0.2) is 24.3 Å². The van der Waals surface area contributed by atoms with Crippen molar-refractivity contribution in [3.63, 3.8) is 0 Å². The van der Waals surface area contributed by atoms with Gasteiger partial charge in [0.2, 0.25) is 0 Å². The van der Waals surface area contributed by atoms with Crippen LogP contribution in [0.25, 0.3) is 0 Å². The molecule has 0 aliphatic carbocycles. The number of hydrogen-bond acceptors (Lipinski definition) is 3. The fraction of sp³-hybridized carbons (Fsp3) is 0.571. The molecule has 4 N–H and O–H groups in total. The minimum absolute atomic E-state index is 0.203. The Bertz CT molecular complexity index is 298. The molecule has 0 bridgehead atoms. The molecule has 0 aromatic heterocycles. The van der Waals surface area contributed by atoms with Gasteiger partial charge in [0.25, 0.3) is 0 Å². The van der Waals surface area contributed by atoms with Crippen LogP contribution < -0.4 is 11.1 Å². The molecule has 0 radical (unpaired) electrons. The zero-order valence-corrected chi connectivity index (χ0v) is 10.7. The molecule has 1 atom stereocenters. The second-order valence-corrected chi connectivity index (χ2v) is 4.45. The van der Waals surface area contributed by atoms with Crippen molar-refractivity contribution in [3.05, 3.63) is 29.8 Å². The molecule has 0 aliphatic heterocycles. The molecule has 96 valence electrons. The van der Waals surface area contributed by atoms with Gasteiger partial charge in [-0.2, -0.15) is 0 Å². The van der Waals surface area contributed by atoms with Crippen LogP contribution in [0.1, 0.15) is 31.7 Å². The molecular formula is C14H24N2O. The largest absolute Gasteiger partial charge is 0.396 e. The van der Waals surface area contributed by atoms with Gasteiger partial charge in [0.15, 0.2) is 0 Å². The lowest BCUT2D eigenvalue weighted by atomic mass is 10.1. The normalized spacial score (nSPS) is 12.4. The van der Waals surface area contributed by atoms with E-state index in [1.165, 1.54) is 12.8 Å². The average molecular weight is 236 g/mol. The Morgan fingerprint density at radius 1 is 1.29 bits per heavy atom. The first kappa shape index (κ1) is 14.0. The molecule has 0 amide bonds. The molecule has 1 unspecified atom stereocenters. The van der Waals surface area contributed by atoms with E-state index in [2.05, 4.69) is 12.2 Å². The van der Waals surface area contributed by atoms with Gasteiger partial charge in [-0.15, -0.1) is 0 Å². The predicted molar refractivity (Wildman–Crippen MR) is 73.2 cm³/mol. The number of hydrogen-bond donors (Lipinski definition) is 3. The number of anilines is 1. The van der Waals surface area contributed by atoms with Crippen LogP contribution in [-0.2, 0) is 6.42 Å². The van der Waals surface area contributed by atoms with Crippen molar-refractivity contribution in [1.82, 2.24) is 0 Å². The summed E-state index contributed by atoms with van der Waals surface area (Å²) >= 11 is 0. The summed E-state index contributed by atoms with van der Waals surface area (Å²) in [5.74, 6) is 0. The summed E-state index contributed by atoms with van der Waals surface area (Å²) in [5.41, 5.74) is 8.25. The van der Waals surface area contributed by atoms with Crippen molar-refractivity contribution in [1.29, 1.82) is 0 Å². The predicted octanol–water partition coefficient (Wildman–Crippen LogP) is 2.15. The fourth-order valence-corrected chi connectivity index (χ4v) is 1.74. The van der Waals surface area contributed by atoms with Gasteiger partial charge in [-0.3, -0.25) is 0 Å².